The molecule has 4 rings (SSSR count). The first-order chi connectivity index (χ1) is 17.3. The lowest BCUT2D eigenvalue weighted by molar-refractivity contribution is -0.133. The summed E-state index contributed by atoms with van der Waals surface area (Å²) in [5, 5.41) is 3.02. The lowest BCUT2D eigenvalue weighted by Gasteiger charge is -2.41. The molecule has 190 valence electrons. The Kier molecular flexibility index (Phi) is 7.65. The molecule has 0 spiro atoms. The number of benzene rings is 2. The summed E-state index contributed by atoms with van der Waals surface area (Å²) in [6.07, 6.45) is 1.76. The molecule has 0 aromatic heterocycles. The standard InChI is InChI=1S/C29H34FN3O3/c1-5-6-14-33-27(34)29(31-28(33)35,18-22-8-7-9-25(30)17-22)24-12-15-32(16-13-24)19-23-10-11-26(36-4)21(3)20(23)2/h7-11,17,24H,12-16,18-19H2,1-4H3,(H,31,35)/t29-/m0/s1. The van der Waals surface area contributed by atoms with E-state index in [0.29, 0.717) is 5.56 Å². The number of imide groups is 1. The molecule has 0 aliphatic carbocycles. The van der Waals surface area contributed by atoms with Crippen LogP contribution >= 0.6 is 0 Å². The van der Waals surface area contributed by atoms with E-state index in [0.717, 1.165) is 43.8 Å². The normalized spacial score (nSPS) is 20.8. The quantitative estimate of drug-likeness (QED) is 0.465. The first-order valence-corrected chi connectivity index (χ1v) is 12.4. The SMILES string of the molecule is CC#CCN1C(=O)N[C@@](Cc2cccc(F)c2)(C2CCN(Cc3ccc(OC)c(C)c3C)CC2)C1=O. The maximum absolute atomic E-state index is 14.0. The van der Waals surface area contributed by atoms with E-state index in [1.165, 1.54) is 28.2 Å². The van der Waals surface area contributed by atoms with Crippen LogP contribution in [0.25, 0.3) is 0 Å². The van der Waals surface area contributed by atoms with Crippen LogP contribution in [0.2, 0.25) is 0 Å². The molecule has 2 fully saturated rings. The van der Waals surface area contributed by atoms with Crippen molar-refractivity contribution in [3.05, 3.63) is 64.5 Å². The van der Waals surface area contributed by atoms with Gasteiger partial charge in [-0.05, 0) is 93.1 Å². The number of nitrogens with zero attached hydrogens (tertiary/aromatic N) is 2. The second kappa shape index (κ2) is 10.7. The molecule has 2 heterocycles. The smallest absolute Gasteiger partial charge is 0.325 e. The van der Waals surface area contributed by atoms with Gasteiger partial charge in [0.2, 0.25) is 0 Å². The Balaban J connectivity index is 1.54. The first-order valence-electron chi connectivity index (χ1n) is 12.4. The van der Waals surface area contributed by atoms with Crippen LogP contribution in [0.3, 0.4) is 0 Å². The van der Waals surface area contributed by atoms with Gasteiger partial charge in [-0.2, -0.15) is 0 Å². The van der Waals surface area contributed by atoms with Crippen molar-refractivity contribution in [1.29, 1.82) is 0 Å². The van der Waals surface area contributed by atoms with Crippen molar-refractivity contribution in [2.45, 2.75) is 52.1 Å². The zero-order chi connectivity index (χ0) is 25.9. The number of carbonyl (C=O) groups excluding carboxylic acids is 2. The highest BCUT2D eigenvalue weighted by molar-refractivity contribution is 6.07. The largest absolute Gasteiger partial charge is 0.496 e. The van der Waals surface area contributed by atoms with Crippen LogP contribution in [0.15, 0.2) is 36.4 Å². The average Bonchev–Trinajstić information content (AvgIpc) is 3.10. The fourth-order valence-electron chi connectivity index (χ4n) is 5.53. The van der Waals surface area contributed by atoms with E-state index in [-0.39, 0.29) is 30.6 Å². The Morgan fingerprint density at radius 3 is 2.56 bits per heavy atom. The van der Waals surface area contributed by atoms with Crippen LogP contribution in [0, 0.1) is 37.4 Å². The summed E-state index contributed by atoms with van der Waals surface area (Å²) in [5.41, 5.74) is 3.23. The number of halogens is 1. The van der Waals surface area contributed by atoms with Gasteiger partial charge in [0, 0.05) is 13.0 Å². The Bertz CT molecular complexity index is 1210. The second-order valence-electron chi connectivity index (χ2n) is 9.75. The zero-order valence-corrected chi connectivity index (χ0v) is 21.5. The van der Waals surface area contributed by atoms with Crippen molar-refractivity contribution >= 4 is 11.9 Å². The van der Waals surface area contributed by atoms with Crippen molar-refractivity contribution in [2.75, 3.05) is 26.7 Å². The first kappa shape index (κ1) is 25.7. The fraction of sp³-hybridized carbons (Fsp3) is 0.448. The van der Waals surface area contributed by atoms with Crippen molar-refractivity contribution in [2.24, 2.45) is 5.92 Å². The number of amides is 3. The van der Waals surface area contributed by atoms with Crippen molar-refractivity contribution in [3.63, 3.8) is 0 Å². The lowest BCUT2D eigenvalue weighted by atomic mass is 9.73. The molecular formula is C29H34FN3O3. The maximum Gasteiger partial charge on any atom is 0.325 e. The Morgan fingerprint density at radius 1 is 1.14 bits per heavy atom. The van der Waals surface area contributed by atoms with E-state index in [2.05, 4.69) is 42.0 Å². The summed E-state index contributed by atoms with van der Waals surface area (Å²) in [7, 11) is 1.69. The van der Waals surface area contributed by atoms with Gasteiger partial charge in [-0.25, -0.2) is 9.18 Å². The average molecular weight is 492 g/mol. The summed E-state index contributed by atoms with van der Waals surface area (Å²) in [4.78, 5) is 30.2. The molecule has 0 bridgehead atoms. The van der Waals surface area contributed by atoms with Crippen molar-refractivity contribution in [3.8, 4) is 17.6 Å². The molecule has 2 aliphatic rings. The highest BCUT2D eigenvalue weighted by atomic mass is 19.1. The number of nitrogens with one attached hydrogen (secondary N) is 1. The van der Waals surface area contributed by atoms with Gasteiger partial charge in [-0.3, -0.25) is 14.6 Å². The number of likely N-dealkylation sites (tertiary alicyclic amines) is 1. The number of ether oxygens (including phenoxy) is 1. The van der Waals surface area contributed by atoms with Gasteiger partial charge in [0.1, 0.15) is 17.1 Å². The van der Waals surface area contributed by atoms with Gasteiger partial charge >= 0.3 is 6.03 Å². The number of urea groups is 1. The fourth-order valence-corrected chi connectivity index (χ4v) is 5.53. The van der Waals surface area contributed by atoms with Crippen LogP contribution in [0.4, 0.5) is 9.18 Å². The highest BCUT2D eigenvalue weighted by Crippen LogP contribution is 2.37. The van der Waals surface area contributed by atoms with E-state index in [9.17, 15) is 14.0 Å². The third-order valence-electron chi connectivity index (χ3n) is 7.74. The Morgan fingerprint density at radius 2 is 1.89 bits per heavy atom. The highest BCUT2D eigenvalue weighted by Gasteiger charge is 2.55. The van der Waals surface area contributed by atoms with Crippen molar-refractivity contribution in [1.82, 2.24) is 15.1 Å². The molecule has 2 saturated heterocycles. The summed E-state index contributed by atoms with van der Waals surface area (Å²) in [5.74, 6) is 5.80. The molecule has 36 heavy (non-hydrogen) atoms. The van der Waals surface area contributed by atoms with Gasteiger partial charge in [-0.15, -0.1) is 5.92 Å². The summed E-state index contributed by atoms with van der Waals surface area (Å²) < 4.78 is 19.4. The molecule has 7 heteroatoms. The third-order valence-corrected chi connectivity index (χ3v) is 7.74. The lowest BCUT2D eigenvalue weighted by Crippen LogP contribution is -2.57. The molecule has 2 aliphatic heterocycles. The van der Waals surface area contributed by atoms with Gasteiger partial charge in [0.25, 0.3) is 5.91 Å². The van der Waals surface area contributed by atoms with Crippen LogP contribution in [-0.2, 0) is 17.8 Å². The van der Waals surface area contributed by atoms with E-state index in [1.54, 1.807) is 20.1 Å². The van der Waals surface area contributed by atoms with E-state index >= 15 is 0 Å². The molecule has 1 N–H and O–H groups in total. The van der Waals surface area contributed by atoms with Gasteiger partial charge in [0.15, 0.2) is 0 Å². The van der Waals surface area contributed by atoms with Crippen LogP contribution in [0.5, 0.6) is 5.75 Å². The molecule has 2 aromatic rings. The van der Waals surface area contributed by atoms with Gasteiger partial charge in [0.05, 0.1) is 13.7 Å². The monoisotopic (exact) mass is 491 g/mol. The van der Waals surface area contributed by atoms with E-state index < -0.39 is 11.6 Å². The molecule has 0 radical (unpaired) electrons. The maximum atomic E-state index is 14.0. The number of piperidine rings is 1. The summed E-state index contributed by atoms with van der Waals surface area (Å²) in [6.45, 7) is 8.35. The molecule has 6 nitrogen and oxygen atoms in total. The second-order valence-corrected chi connectivity index (χ2v) is 9.75. The minimum atomic E-state index is -1.10. The Labute approximate surface area is 212 Å². The molecule has 1 atom stereocenters. The molecule has 0 saturated carbocycles. The van der Waals surface area contributed by atoms with Gasteiger partial charge < -0.3 is 10.1 Å². The van der Waals surface area contributed by atoms with Crippen LogP contribution in [-0.4, -0.2) is 54.0 Å². The van der Waals surface area contributed by atoms with Crippen molar-refractivity contribution < 1.29 is 18.7 Å². The van der Waals surface area contributed by atoms with E-state index in [1.807, 2.05) is 12.1 Å². The van der Waals surface area contributed by atoms with Crippen LogP contribution in [0.1, 0.15) is 42.0 Å². The zero-order valence-electron chi connectivity index (χ0n) is 21.5. The minimum absolute atomic E-state index is 0.0566. The third kappa shape index (κ3) is 4.96. The number of rotatable bonds is 7. The predicted molar refractivity (Wildman–Crippen MR) is 137 cm³/mol. The predicted octanol–water partition coefficient (Wildman–Crippen LogP) is 4.22. The number of hydrogen-bond donors (Lipinski definition) is 1. The molecule has 0 unspecified atom stereocenters. The Hall–Kier alpha value is -3.37. The molecule has 2 aromatic carbocycles. The number of methoxy groups -OCH3 is 1. The molecule has 3 amide bonds. The molecular weight excluding hydrogens is 457 g/mol. The van der Waals surface area contributed by atoms with Crippen LogP contribution < -0.4 is 10.1 Å². The summed E-state index contributed by atoms with van der Waals surface area (Å²) in [6, 6.07) is 9.98. The van der Waals surface area contributed by atoms with E-state index in [4.69, 9.17) is 4.74 Å². The minimum Gasteiger partial charge on any atom is -0.496 e. The summed E-state index contributed by atoms with van der Waals surface area (Å²) >= 11 is 0. The number of hydrogen-bond acceptors (Lipinski definition) is 4. The van der Waals surface area contributed by atoms with Gasteiger partial charge in [-0.1, -0.05) is 24.1 Å². The topological polar surface area (TPSA) is 61.9 Å². The number of carbonyl (C=O) groups is 2.